The van der Waals surface area contributed by atoms with E-state index >= 15 is 0 Å². The highest BCUT2D eigenvalue weighted by molar-refractivity contribution is 7.92. The van der Waals surface area contributed by atoms with Crippen LogP contribution in [0.5, 0.6) is 5.75 Å². The van der Waals surface area contributed by atoms with Crippen molar-refractivity contribution in [3.63, 3.8) is 0 Å². The molecule has 0 heterocycles. The van der Waals surface area contributed by atoms with Gasteiger partial charge in [0.05, 0.1) is 5.69 Å². The van der Waals surface area contributed by atoms with Crippen molar-refractivity contribution in [2.24, 2.45) is 0 Å². The summed E-state index contributed by atoms with van der Waals surface area (Å²) in [6.45, 7) is 1.66. The van der Waals surface area contributed by atoms with Crippen LogP contribution in [-0.2, 0) is 10.0 Å². The lowest BCUT2D eigenvalue weighted by atomic mass is 10.2. The third kappa shape index (κ3) is 2.85. The predicted molar refractivity (Wildman–Crippen MR) is 70.1 cm³/mol. The fraction of sp³-hybridized carbons (Fsp3) is 0.0769. The number of aromatic hydroxyl groups is 1. The molecule has 4 nitrogen and oxygen atoms in total. The van der Waals surface area contributed by atoms with Crippen LogP contribution < -0.4 is 4.72 Å². The van der Waals surface area contributed by atoms with Gasteiger partial charge in [0.1, 0.15) is 16.5 Å². The Labute approximate surface area is 110 Å². The number of phenols is 1. The molecule has 2 rings (SSSR count). The fourth-order valence-corrected chi connectivity index (χ4v) is 2.72. The summed E-state index contributed by atoms with van der Waals surface area (Å²) in [5.74, 6) is -1.05. The molecule has 0 spiro atoms. The van der Waals surface area contributed by atoms with Gasteiger partial charge in [-0.1, -0.05) is 18.2 Å². The van der Waals surface area contributed by atoms with Gasteiger partial charge in [-0.15, -0.1) is 0 Å². The van der Waals surface area contributed by atoms with Gasteiger partial charge in [0, 0.05) is 0 Å². The predicted octanol–water partition coefficient (Wildman–Crippen LogP) is 2.64. The number of rotatable bonds is 3. The van der Waals surface area contributed by atoms with E-state index < -0.39 is 20.7 Å². The number of anilines is 1. The quantitative estimate of drug-likeness (QED) is 0.850. The molecule has 100 valence electrons. The fourth-order valence-electron chi connectivity index (χ4n) is 1.58. The molecule has 2 N–H and O–H groups in total. The van der Waals surface area contributed by atoms with Crippen LogP contribution in [-0.4, -0.2) is 13.5 Å². The summed E-state index contributed by atoms with van der Waals surface area (Å²) in [7, 11) is -4.07. The first-order valence-corrected chi connectivity index (χ1v) is 6.95. The van der Waals surface area contributed by atoms with Gasteiger partial charge in [-0.25, -0.2) is 12.8 Å². The Hall–Kier alpha value is -2.08. The van der Waals surface area contributed by atoms with Crippen molar-refractivity contribution in [3.05, 3.63) is 53.8 Å². The Morgan fingerprint density at radius 3 is 2.47 bits per heavy atom. The minimum atomic E-state index is -4.07. The summed E-state index contributed by atoms with van der Waals surface area (Å²) >= 11 is 0. The normalized spacial score (nSPS) is 11.3. The maximum Gasteiger partial charge on any atom is 0.264 e. The lowest BCUT2D eigenvalue weighted by Crippen LogP contribution is -2.14. The highest BCUT2D eigenvalue weighted by Gasteiger charge is 2.20. The van der Waals surface area contributed by atoms with Gasteiger partial charge in [0.25, 0.3) is 10.0 Å². The number of phenolic OH excluding ortho intramolecular Hbond substituents is 1. The maximum absolute atomic E-state index is 13.7. The Bertz CT molecular complexity index is 714. The van der Waals surface area contributed by atoms with Crippen LogP contribution in [0, 0.1) is 12.7 Å². The molecule has 0 fully saturated rings. The molecule has 0 aliphatic carbocycles. The zero-order valence-corrected chi connectivity index (χ0v) is 10.9. The first kappa shape index (κ1) is 13.4. The van der Waals surface area contributed by atoms with Crippen molar-refractivity contribution in [3.8, 4) is 5.75 Å². The molecule has 0 atom stereocenters. The smallest absolute Gasteiger partial charge is 0.264 e. The molecular weight excluding hydrogens is 269 g/mol. The van der Waals surface area contributed by atoms with Gasteiger partial charge in [-0.3, -0.25) is 4.72 Å². The van der Waals surface area contributed by atoms with Crippen LogP contribution in [0.3, 0.4) is 0 Å². The summed E-state index contributed by atoms with van der Waals surface area (Å²) in [5.41, 5.74) is 0.626. The van der Waals surface area contributed by atoms with E-state index in [1.807, 2.05) is 0 Å². The van der Waals surface area contributed by atoms with E-state index in [-0.39, 0.29) is 11.4 Å². The Morgan fingerprint density at radius 1 is 1.16 bits per heavy atom. The number of hydrogen-bond donors (Lipinski definition) is 2. The second-order valence-corrected chi connectivity index (χ2v) is 5.71. The van der Waals surface area contributed by atoms with E-state index in [0.29, 0.717) is 5.56 Å². The Morgan fingerprint density at radius 2 is 1.84 bits per heavy atom. The van der Waals surface area contributed by atoms with Gasteiger partial charge < -0.3 is 5.11 Å². The molecule has 6 heteroatoms. The number of sulfonamides is 1. The number of benzene rings is 2. The van der Waals surface area contributed by atoms with Crippen LogP contribution in [0.15, 0.2) is 47.4 Å². The number of halogens is 1. The van der Waals surface area contributed by atoms with Crippen molar-refractivity contribution >= 4 is 15.7 Å². The molecule has 0 aromatic heterocycles. The standard InChI is InChI=1S/C13H12FNO3S/c1-9-6-7-13(10(14)8-9)19(17,18)15-11-4-2-3-5-12(11)16/h2-8,15-16H,1H3. The van der Waals surface area contributed by atoms with Gasteiger partial charge in [-0.05, 0) is 36.8 Å². The summed E-state index contributed by atoms with van der Waals surface area (Å²) in [4.78, 5) is -0.457. The Kier molecular flexibility index (Phi) is 3.44. The van der Waals surface area contributed by atoms with E-state index in [1.54, 1.807) is 19.1 Å². The third-order valence-corrected chi connectivity index (χ3v) is 3.92. The van der Waals surface area contributed by atoms with Crippen molar-refractivity contribution in [1.29, 1.82) is 0 Å². The molecule has 0 saturated heterocycles. The van der Waals surface area contributed by atoms with E-state index in [9.17, 15) is 17.9 Å². The van der Waals surface area contributed by atoms with Crippen LogP contribution in [0.2, 0.25) is 0 Å². The van der Waals surface area contributed by atoms with Crippen molar-refractivity contribution in [2.45, 2.75) is 11.8 Å². The lowest BCUT2D eigenvalue weighted by molar-refractivity contribution is 0.477. The van der Waals surface area contributed by atoms with Crippen molar-refractivity contribution in [2.75, 3.05) is 4.72 Å². The molecule has 0 unspecified atom stereocenters. The molecule has 0 aliphatic heterocycles. The van der Waals surface area contributed by atoms with Crippen molar-refractivity contribution < 1.29 is 17.9 Å². The summed E-state index contributed by atoms with van der Waals surface area (Å²) in [6.07, 6.45) is 0. The summed E-state index contributed by atoms with van der Waals surface area (Å²) in [6, 6.07) is 9.67. The number of aryl methyl sites for hydroxylation is 1. The van der Waals surface area contributed by atoms with Gasteiger partial charge in [-0.2, -0.15) is 0 Å². The third-order valence-electron chi connectivity index (χ3n) is 2.53. The van der Waals surface area contributed by atoms with E-state index in [4.69, 9.17) is 0 Å². The number of hydrogen-bond acceptors (Lipinski definition) is 3. The number of para-hydroxylation sites is 2. The summed E-state index contributed by atoms with van der Waals surface area (Å²) in [5, 5.41) is 9.51. The average molecular weight is 281 g/mol. The van der Waals surface area contributed by atoms with Crippen molar-refractivity contribution in [1.82, 2.24) is 0 Å². The lowest BCUT2D eigenvalue weighted by Gasteiger charge is -2.10. The van der Waals surface area contributed by atoms with Crippen LogP contribution in [0.25, 0.3) is 0 Å². The minimum Gasteiger partial charge on any atom is -0.506 e. The van der Waals surface area contributed by atoms with Crippen LogP contribution in [0.1, 0.15) is 5.56 Å². The zero-order valence-electron chi connectivity index (χ0n) is 10.1. The first-order valence-electron chi connectivity index (χ1n) is 5.47. The first-order chi connectivity index (χ1) is 8.90. The minimum absolute atomic E-state index is 0.00229. The van der Waals surface area contributed by atoms with Crippen LogP contribution >= 0.6 is 0 Å². The van der Waals surface area contributed by atoms with Gasteiger partial charge >= 0.3 is 0 Å². The second kappa shape index (κ2) is 4.89. The Balaban J connectivity index is 2.41. The molecule has 0 radical (unpaired) electrons. The van der Waals surface area contributed by atoms with E-state index in [1.165, 1.54) is 24.3 Å². The number of nitrogens with one attached hydrogen (secondary N) is 1. The molecule has 0 bridgehead atoms. The molecule has 0 saturated carbocycles. The molecule has 0 amide bonds. The van der Waals surface area contributed by atoms with Gasteiger partial charge in [0.2, 0.25) is 0 Å². The van der Waals surface area contributed by atoms with E-state index in [2.05, 4.69) is 4.72 Å². The molecule has 2 aromatic rings. The molecule has 19 heavy (non-hydrogen) atoms. The monoisotopic (exact) mass is 281 g/mol. The summed E-state index contributed by atoms with van der Waals surface area (Å²) < 4.78 is 39.9. The van der Waals surface area contributed by atoms with Gasteiger partial charge in [0.15, 0.2) is 0 Å². The highest BCUT2D eigenvalue weighted by atomic mass is 32.2. The zero-order chi connectivity index (χ0) is 14.0. The topological polar surface area (TPSA) is 66.4 Å². The average Bonchev–Trinajstić information content (AvgIpc) is 2.31. The van der Waals surface area contributed by atoms with Crippen LogP contribution in [0.4, 0.5) is 10.1 Å². The second-order valence-electron chi connectivity index (χ2n) is 4.06. The highest BCUT2D eigenvalue weighted by Crippen LogP contribution is 2.26. The van der Waals surface area contributed by atoms with E-state index in [0.717, 1.165) is 6.07 Å². The SMILES string of the molecule is Cc1ccc(S(=O)(=O)Nc2ccccc2O)c(F)c1. The molecule has 2 aromatic carbocycles. The molecular formula is C13H12FNO3S. The maximum atomic E-state index is 13.7. The molecule has 0 aliphatic rings. The largest absolute Gasteiger partial charge is 0.506 e.